The van der Waals surface area contributed by atoms with Gasteiger partial charge >= 0.3 is 12.2 Å². The molecule has 192 valence electrons. The fourth-order valence-corrected chi connectivity index (χ4v) is 5.20. The number of alkyl halides is 3. The van der Waals surface area contributed by atoms with E-state index in [4.69, 9.17) is 18.9 Å². The van der Waals surface area contributed by atoms with Gasteiger partial charge in [0.15, 0.2) is 10.7 Å². The van der Waals surface area contributed by atoms with Crippen molar-refractivity contribution in [1.82, 2.24) is 15.0 Å². The molecule has 0 saturated carbocycles. The van der Waals surface area contributed by atoms with Crippen molar-refractivity contribution in [1.29, 1.82) is 0 Å². The first-order valence-electron chi connectivity index (χ1n) is 10.9. The van der Waals surface area contributed by atoms with Crippen molar-refractivity contribution < 1.29 is 36.9 Å². The highest BCUT2D eigenvalue weighted by Gasteiger charge is 2.43. The number of rotatable bonds is 7. The molecule has 4 rings (SSSR count). The Morgan fingerprint density at radius 2 is 1.69 bits per heavy atom. The van der Waals surface area contributed by atoms with Gasteiger partial charge in [-0.1, -0.05) is 25.2 Å². The molecule has 1 aromatic carbocycles. The standard InChI is InChI=1S/C23H23F3N4O5S/c1-6-22(7-2)16-15(12-9-8-11(23(24,25)26)10-13(12)35-22)27-21(36-16)28-17(31)14-18(32-3)29-20(34-5)30-19(14)33-4/h8-10H,6-7H2,1-5H3,(H,27,28,31). The Balaban J connectivity index is 1.78. The van der Waals surface area contributed by atoms with Gasteiger partial charge < -0.3 is 18.9 Å². The number of fused-ring (bicyclic) bond motifs is 3. The summed E-state index contributed by atoms with van der Waals surface area (Å²) in [7, 11) is 4.03. The molecule has 1 aliphatic rings. The number of hydrogen-bond donors (Lipinski definition) is 1. The maximum atomic E-state index is 13.3. The van der Waals surface area contributed by atoms with E-state index in [-0.39, 0.29) is 34.2 Å². The summed E-state index contributed by atoms with van der Waals surface area (Å²) in [5.74, 6) is -0.689. The van der Waals surface area contributed by atoms with Crippen LogP contribution >= 0.6 is 11.3 Å². The summed E-state index contributed by atoms with van der Waals surface area (Å²) in [5.41, 5.74) is -0.911. The molecule has 0 radical (unpaired) electrons. The number of thiazole rings is 1. The highest BCUT2D eigenvalue weighted by molar-refractivity contribution is 7.16. The van der Waals surface area contributed by atoms with E-state index in [9.17, 15) is 18.0 Å². The first kappa shape index (κ1) is 25.5. The van der Waals surface area contributed by atoms with Crippen LogP contribution in [0, 0.1) is 0 Å². The van der Waals surface area contributed by atoms with Crippen molar-refractivity contribution in [3.8, 4) is 34.8 Å². The molecule has 13 heteroatoms. The maximum Gasteiger partial charge on any atom is 0.416 e. The Labute approximate surface area is 208 Å². The second kappa shape index (κ2) is 9.45. The van der Waals surface area contributed by atoms with E-state index in [2.05, 4.69) is 20.3 Å². The predicted octanol–water partition coefficient (Wildman–Crippen LogP) is 5.30. The zero-order valence-corrected chi connectivity index (χ0v) is 20.9. The fourth-order valence-electron chi connectivity index (χ4n) is 3.96. The van der Waals surface area contributed by atoms with Crippen molar-refractivity contribution in [3.63, 3.8) is 0 Å². The minimum Gasteiger partial charge on any atom is -0.481 e. The number of nitrogens with zero attached hydrogens (tertiary/aromatic N) is 3. The molecule has 1 amide bonds. The first-order chi connectivity index (χ1) is 17.1. The Morgan fingerprint density at radius 3 is 2.22 bits per heavy atom. The Morgan fingerprint density at radius 1 is 1.06 bits per heavy atom. The van der Waals surface area contributed by atoms with Gasteiger partial charge in [-0.2, -0.15) is 23.1 Å². The minimum absolute atomic E-state index is 0.0485. The lowest BCUT2D eigenvalue weighted by Gasteiger charge is -2.36. The summed E-state index contributed by atoms with van der Waals surface area (Å²) in [5, 5.41) is 2.92. The van der Waals surface area contributed by atoms with Crippen LogP contribution in [-0.4, -0.2) is 42.2 Å². The summed E-state index contributed by atoms with van der Waals surface area (Å²) in [4.78, 5) is 26.5. The molecule has 36 heavy (non-hydrogen) atoms. The monoisotopic (exact) mass is 524 g/mol. The van der Waals surface area contributed by atoms with Gasteiger partial charge in [0.25, 0.3) is 5.91 Å². The average molecular weight is 525 g/mol. The van der Waals surface area contributed by atoms with Crippen LogP contribution < -0.4 is 24.3 Å². The first-order valence-corrected chi connectivity index (χ1v) is 11.7. The molecule has 0 atom stereocenters. The van der Waals surface area contributed by atoms with Gasteiger partial charge in [0.05, 0.1) is 37.5 Å². The number of carbonyl (C=O) groups is 1. The van der Waals surface area contributed by atoms with Crippen LogP contribution in [0.1, 0.15) is 47.5 Å². The topological polar surface area (TPSA) is 105 Å². The van der Waals surface area contributed by atoms with Crippen LogP contribution in [0.25, 0.3) is 11.3 Å². The molecule has 1 N–H and O–H groups in total. The average Bonchev–Trinajstić information content (AvgIpc) is 3.30. The number of benzene rings is 1. The third-order valence-corrected chi connectivity index (χ3v) is 7.05. The molecule has 0 bridgehead atoms. The highest BCUT2D eigenvalue weighted by atomic mass is 32.1. The van der Waals surface area contributed by atoms with Crippen LogP contribution in [0.15, 0.2) is 18.2 Å². The van der Waals surface area contributed by atoms with Crippen molar-refractivity contribution in [3.05, 3.63) is 34.2 Å². The largest absolute Gasteiger partial charge is 0.481 e. The number of nitrogens with one attached hydrogen (secondary N) is 1. The third-order valence-electron chi connectivity index (χ3n) is 5.89. The van der Waals surface area contributed by atoms with Gasteiger partial charge in [0.1, 0.15) is 11.4 Å². The Kier molecular flexibility index (Phi) is 6.69. The number of halogens is 3. The number of anilines is 1. The van der Waals surface area contributed by atoms with E-state index in [1.807, 2.05) is 13.8 Å². The lowest BCUT2D eigenvalue weighted by Crippen LogP contribution is -2.34. The molecule has 0 fully saturated rings. The van der Waals surface area contributed by atoms with Crippen molar-refractivity contribution in [2.75, 3.05) is 26.6 Å². The smallest absolute Gasteiger partial charge is 0.416 e. The van der Waals surface area contributed by atoms with Crippen molar-refractivity contribution in [2.24, 2.45) is 0 Å². The molecule has 1 aliphatic heterocycles. The van der Waals surface area contributed by atoms with Gasteiger partial charge in [0.2, 0.25) is 11.8 Å². The van der Waals surface area contributed by atoms with Gasteiger partial charge in [-0.05, 0) is 31.0 Å². The number of carbonyl (C=O) groups excluding carboxylic acids is 1. The lowest BCUT2D eigenvalue weighted by atomic mass is 9.89. The summed E-state index contributed by atoms with van der Waals surface area (Å²) < 4.78 is 61.6. The van der Waals surface area contributed by atoms with E-state index >= 15 is 0 Å². The zero-order chi connectivity index (χ0) is 26.3. The summed E-state index contributed by atoms with van der Waals surface area (Å²) in [6.45, 7) is 3.77. The molecular formula is C23H23F3N4O5S. The quantitative estimate of drug-likeness (QED) is 0.444. The number of ether oxygens (including phenoxy) is 4. The lowest BCUT2D eigenvalue weighted by molar-refractivity contribution is -0.137. The number of hydrogen-bond acceptors (Lipinski definition) is 9. The molecule has 2 aromatic heterocycles. The number of methoxy groups -OCH3 is 3. The normalized spacial score (nSPS) is 13.8. The molecule has 3 aromatic rings. The summed E-state index contributed by atoms with van der Waals surface area (Å²) in [6, 6.07) is 3.26. The second-order valence-electron chi connectivity index (χ2n) is 7.77. The van der Waals surface area contributed by atoms with E-state index in [0.717, 1.165) is 12.1 Å². The molecular weight excluding hydrogens is 501 g/mol. The van der Waals surface area contributed by atoms with Crippen molar-refractivity contribution in [2.45, 2.75) is 38.5 Å². The second-order valence-corrected chi connectivity index (χ2v) is 8.77. The minimum atomic E-state index is -4.51. The maximum absolute atomic E-state index is 13.3. The molecule has 9 nitrogen and oxygen atoms in total. The van der Waals surface area contributed by atoms with Gasteiger partial charge in [-0.15, -0.1) is 0 Å². The molecule has 0 saturated heterocycles. The van der Waals surface area contributed by atoms with E-state index < -0.39 is 23.2 Å². The van der Waals surface area contributed by atoms with Crippen LogP contribution in [-0.2, 0) is 11.8 Å². The molecule has 0 spiro atoms. The van der Waals surface area contributed by atoms with Crippen LogP contribution in [0.5, 0.6) is 23.5 Å². The third kappa shape index (κ3) is 4.27. The number of amides is 1. The van der Waals surface area contributed by atoms with Crippen LogP contribution in [0.4, 0.5) is 18.3 Å². The van der Waals surface area contributed by atoms with E-state index in [1.54, 1.807) is 0 Å². The Hall–Kier alpha value is -3.61. The zero-order valence-electron chi connectivity index (χ0n) is 20.1. The van der Waals surface area contributed by atoms with Crippen molar-refractivity contribution >= 4 is 22.4 Å². The van der Waals surface area contributed by atoms with Gasteiger partial charge in [-0.25, -0.2) is 4.98 Å². The fraction of sp³-hybridized carbons (Fsp3) is 0.391. The van der Waals surface area contributed by atoms with Crippen LogP contribution in [0.3, 0.4) is 0 Å². The number of aromatic nitrogens is 3. The van der Waals surface area contributed by atoms with Gasteiger partial charge in [0, 0.05) is 5.56 Å². The Bertz CT molecular complexity index is 1280. The molecule has 3 heterocycles. The molecule has 0 aliphatic carbocycles. The highest BCUT2D eigenvalue weighted by Crippen LogP contribution is 2.52. The molecule has 0 unspecified atom stereocenters. The van der Waals surface area contributed by atoms with Gasteiger partial charge in [-0.3, -0.25) is 10.1 Å². The SMILES string of the molecule is CCC1(CC)Oc2cc(C(F)(F)F)ccc2-c2nc(NC(=O)c3c(OC)nc(OC)nc3OC)sc21. The summed E-state index contributed by atoms with van der Waals surface area (Å²) in [6.07, 6.45) is -3.55. The van der Waals surface area contributed by atoms with E-state index in [1.165, 1.54) is 38.7 Å². The van der Waals surface area contributed by atoms with E-state index in [0.29, 0.717) is 29.0 Å². The predicted molar refractivity (Wildman–Crippen MR) is 125 cm³/mol. The summed E-state index contributed by atoms with van der Waals surface area (Å²) >= 11 is 1.18. The van der Waals surface area contributed by atoms with Crippen LogP contribution in [0.2, 0.25) is 0 Å².